The molecule has 148 valence electrons. The maximum atomic E-state index is 13.6. The summed E-state index contributed by atoms with van der Waals surface area (Å²) in [5.41, 5.74) is 5.27. The summed E-state index contributed by atoms with van der Waals surface area (Å²) in [5, 5.41) is 3.57. The fourth-order valence-corrected chi connectivity index (χ4v) is 6.27. The standard InChI is InChI=1S/C25H19FN2OS/c1-25(23(29)28-24-27-20-11-10-14(26)12-21(20)30-24)13-19-15-6-2-4-8-17(15)22(25)18-9-5-3-7-16(18)19/h2-12,19,22H,13H2,1H3,(H,27,28,29)/t19?,22?,25-/m0/s1. The average molecular weight is 415 g/mol. The molecule has 1 aromatic heterocycles. The number of aromatic nitrogens is 1. The van der Waals surface area contributed by atoms with Gasteiger partial charge in [0.15, 0.2) is 5.13 Å². The first-order valence-electron chi connectivity index (χ1n) is 10.1. The van der Waals surface area contributed by atoms with Gasteiger partial charge in [-0.3, -0.25) is 4.79 Å². The van der Waals surface area contributed by atoms with E-state index in [-0.39, 0.29) is 23.6 Å². The van der Waals surface area contributed by atoms with Crippen molar-refractivity contribution in [2.75, 3.05) is 5.32 Å². The zero-order valence-electron chi connectivity index (χ0n) is 16.4. The number of fused-ring (bicyclic) bond motifs is 2. The molecule has 3 aromatic carbocycles. The Bertz CT molecular complexity index is 1280. The number of thiazole rings is 1. The van der Waals surface area contributed by atoms with Gasteiger partial charge in [-0.15, -0.1) is 0 Å². The Morgan fingerprint density at radius 2 is 1.67 bits per heavy atom. The van der Waals surface area contributed by atoms with Crippen molar-refractivity contribution in [3.8, 4) is 0 Å². The van der Waals surface area contributed by atoms with Crippen LogP contribution in [0.1, 0.15) is 47.4 Å². The van der Waals surface area contributed by atoms with Crippen LogP contribution in [0.4, 0.5) is 9.52 Å². The Kier molecular flexibility index (Phi) is 3.69. The van der Waals surface area contributed by atoms with Crippen LogP contribution >= 0.6 is 11.3 Å². The molecule has 1 amide bonds. The van der Waals surface area contributed by atoms with Gasteiger partial charge in [0.2, 0.25) is 5.91 Å². The fourth-order valence-electron chi connectivity index (χ4n) is 5.38. The first-order valence-corrected chi connectivity index (χ1v) is 10.9. The molecular formula is C25H19FN2OS. The number of hydrogen-bond acceptors (Lipinski definition) is 3. The molecule has 1 N–H and O–H groups in total. The molecule has 30 heavy (non-hydrogen) atoms. The highest BCUT2D eigenvalue weighted by Crippen LogP contribution is 2.61. The van der Waals surface area contributed by atoms with Gasteiger partial charge < -0.3 is 5.32 Å². The molecule has 3 nitrogen and oxygen atoms in total. The number of hydrogen-bond donors (Lipinski definition) is 1. The third-order valence-corrected chi connectivity index (χ3v) is 7.65. The Hall–Kier alpha value is -3.05. The molecule has 3 aliphatic rings. The van der Waals surface area contributed by atoms with Crippen molar-refractivity contribution >= 4 is 32.6 Å². The predicted molar refractivity (Wildman–Crippen MR) is 118 cm³/mol. The van der Waals surface area contributed by atoms with Crippen LogP contribution in [0.5, 0.6) is 0 Å². The number of nitrogens with one attached hydrogen (secondary N) is 1. The zero-order chi connectivity index (χ0) is 20.5. The van der Waals surface area contributed by atoms with E-state index in [4.69, 9.17) is 0 Å². The van der Waals surface area contributed by atoms with Gasteiger partial charge in [0.25, 0.3) is 0 Å². The van der Waals surface area contributed by atoms with E-state index in [1.165, 1.54) is 45.7 Å². The van der Waals surface area contributed by atoms with E-state index in [1.807, 2.05) is 0 Å². The van der Waals surface area contributed by atoms with E-state index in [1.54, 1.807) is 6.07 Å². The van der Waals surface area contributed by atoms with E-state index in [0.717, 1.165) is 11.1 Å². The summed E-state index contributed by atoms with van der Waals surface area (Å²) >= 11 is 1.31. The molecule has 0 fully saturated rings. The maximum absolute atomic E-state index is 13.6. The van der Waals surface area contributed by atoms with Crippen molar-refractivity contribution < 1.29 is 9.18 Å². The largest absolute Gasteiger partial charge is 0.301 e. The predicted octanol–water partition coefficient (Wildman–Crippen LogP) is 6.06. The van der Waals surface area contributed by atoms with Gasteiger partial charge in [-0.05, 0) is 53.8 Å². The number of rotatable bonds is 2. The van der Waals surface area contributed by atoms with E-state index in [2.05, 4.69) is 65.8 Å². The van der Waals surface area contributed by atoms with Gasteiger partial charge in [-0.1, -0.05) is 59.9 Å². The zero-order valence-corrected chi connectivity index (χ0v) is 17.2. The lowest BCUT2D eigenvalue weighted by atomic mass is 9.52. The first kappa shape index (κ1) is 17.8. The van der Waals surface area contributed by atoms with Crippen LogP contribution in [0.3, 0.4) is 0 Å². The van der Waals surface area contributed by atoms with E-state index in [0.29, 0.717) is 10.6 Å². The smallest absolute Gasteiger partial charge is 0.233 e. The third kappa shape index (κ3) is 2.42. The summed E-state index contributed by atoms with van der Waals surface area (Å²) in [6, 6.07) is 21.5. The molecular weight excluding hydrogens is 395 g/mol. The van der Waals surface area contributed by atoms with E-state index < -0.39 is 5.41 Å². The first-order chi connectivity index (χ1) is 14.5. The van der Waals surface area contributed by atoms with Crippen molar-refractivity contribution in [3.63, 3.8) is 0 Å². The van der Waals surface area contributed by atoms with Gasteiger partial charge in [-0.25, -0.2) is 9.37 Å². The molecule has 1 heterocycles. The Labute approximate surface area is 177 Å². The monoisotopic (exact) mass is 414 g/mol. The molecule has 0 saturated carbocycles. The Morgan fingerprint density at radius 1 is 1.03 bits per heavy atom. The molecule has 2 bridgehead atoms. The van der Waals surface area contributed by atoms with Crippen molar-refractivity contribution in [3.05, 3.63) is 94.8 Å². The van der Waals surface area contributed by atoms with Crippen LogP contribution < -0.4 is 5.32 Å². The molecule has 0 aliphatic heterocycles. The van der Waals surface area contributed by atoms with Crippen LogP contribution in [0.2, 0.25) is 0 Å². The van der Waals surface area contributed by atoms with Crippen LogP contribution in [-0.4, -0.2) is 10.9 Å². The van der Waals surface area contributed by atoms with Crippen LogP contribution in [-0.2, 0) is 4.79 Å². The molecule has 3 aliphatic carbocycles. The second kappa shape index (κ2) is 6.22. The lowest BCUT2D eigenvalue weighted by Crippen LogP contribution is -2.47. The van der Waals surface area contributed by atoms with Gasteiger partial charge in [0, 0.05) is 11.8 Å². The van der Waals surface area contributed by atoms with Crippen molar-refractivity contribution in [2.45, 2.75) is 25.2 Å². The minimum Gasteiger partial charge on any atom is -0.301 e. The quantitative estimate of drug-likeness (QED) is 0.433. The summed E-state index contributed by atoms with van der Waals surface area (Å²) in [5.74, 6) is -0.112. The lowest BCUT2D eigenvalue weighted by molar-refractivity contribution is -0.126. The number of anilines is 1. The summed E-state index contributed by atoms with van der Waals surface area (Å²) in [4.78, 5) is 18.1. The number of nitrogens with zero attached hydrogens (tertiary/aromatic N) is 1. The summed E-state index contributed by atoms with van der Waals surface area (Å²) < 4.78 is 14.3. The Morgan fingerprint density at radius 3 is 2.33 bits per heavy atom. The number of benzene rings is 3. The molecule has 7 rings (SSSR count). The summed E-state index contributed by atoms with van der Waals surface area (Å²) in [6.07, 6.45) is 0.761. The summed E-state index contributed by atoms with van der Waals surface area (Å²) in [6.45, 7) is 2.07. The number of amides is 1. The number of carbonyl (C=O) groups is 1. The molecule has 0 spiro atoms. The maximum Gasteiger partial charge on any atom is 0.233 e. The minimum atomic E-state index is -0.587. The van der Waals surface area contributed by atoms with Crippen molar-refractivity contribution in [2.24, 2.45) is 5.41 Å². The van der Waals surface area contributed by atoms with Gasteiger partial charge >= 0.3 is 0 Å². The second-order valence-corrected chi connectivity index (χ2v) is 9.48. The number of carbonyl (C=O) groups excluding carboxylic acids is 1. The van der Waals surface area contributed by atoms with Crippen molar-refractivity contribution in [1.82, 2.24) is 4.98 Å². The normalized spacial score (nSPS) is 23.8. The molecule has 4 aromatic rings. The van der Waals surface area contributed by atoms with Gasteiger partial charge in [0.1, 0.15) is 5.82 Å². The highest BCUT2D eigenvalue weighted by molar-refractivity contribution is 7.22. The average Bonchev–Trinajstić information content (AvgIpc) is 3.15. The highest BCUT2D eigenvalue weighted by atomic mass is 32.1. The van der Waals surface area contributed by atoms with Crippen LogP contribution in [0, 0.1) is 11.2 Å². The van der Waals surface area contributed by atoms with E-state index >= 15 is 0 Å². The van der Waals surface area contributed by atoms with Crippen LogP contribution in [0.15, 0.2) is 66.7 Å². The lowest BCUT2D eigenvalue weighted by Gasteiger charge is -2.50. The molecule has 5 heteroatoms. The number of halogens is 1. The molecule has 1 atom stereocenters. The van der Waals surface area contributed by atoms with Gasteiger partial charge in [0.05, 0.1) is 15.6 Å². The Balaban J connectivity index is 1.42. The van der Waals surface area contributed by atoms with Gasteiger partial charge in [-0.2, -0.15) is 0 Å². The topological polar surface area (TPSA) is 42.0 Å². The molecule has 0 radical (unpaired) electrons. The van der Waals surface area contributed by atoms with Crippen LogP contribution in [0.25, 0.3) is 10.2 Å². The summed E-state index contributed by atoms with van der Waals surface area (Å²) in [7, 11) is 0. The van der Waals surface area contributed by atoms with E-state index in [9.17, 15) is 9.18 Å². The third-order valence-electron chi connectivity index (χ3n) is 6.72. The SMILES string of the molecule is C[C@]1(C(=O)Nc2nc3ccc(F)cc3s2)CC2c3ccccc3C1c1ccccc12. The molecule has 0 unspecified atom stereocenters. The van der Waals surface area contributed by atoms with Crippen molar-refractivity contribution in [1.29, 1.82) is 0 Å². The minimum absolute atomic E-state index is 0.00160. The molecule has 0 saturated heterocycles. The fraction of sp³-hybridized carbons (Fsp3) is 0.200. The highest BCUT2D eigenvalue weighted by Gasteiger charge is 2.53. The second-order valence-electron chi connectivity index (χ2n) is 8.45.